The van der Waals surface area contributed by atoms with Gasteiger partial charge < -0.3 is 10.2 Å². The molecule has 96 valence electrons. The van der Waals surface area contributed by atoms with Gasteiger partial charge in [-0.05, 0) is 37.6 Å². The summed E-state index contributed by atoms with van der Waals surface area (Å²) in [4.78, 5) is 6.83. The van der Waals surface area contributed by atoms with Gasteiger partial charge in [-0.15, -0.1) is 0 Å². The van der Waals surface area contributed by atoms with E-state index in [4.69, 9.17) is 0 Å². The second-order valence-electron chi connectivity index (χ2n) is 4.53. The van der Waals surface area contributed by atoms with Gasteiger partial charge in [0.05, 0.1) is 0 Å². The molecule has 0 fully saturated rings. The normalized spacial score (nSPS) is 10.6. The fourth-order valence-corrected chi connectivity index (χ4v) is 1.80. The summed E-state index contributed by atoms with van der Waals surface area (Å²) in [5.41, 5.74) is 2.41. The third-order valence-corrected chi connectivity index (χ3v) is 2.82. The fraction of sp³-hybridized carbons (Fsp3) is 0.643. The Hall–Kier alpha value is -1.09. The number of pyridine rings is 1. The van der Waals surface area contributed by atoms with E-state index < -0.39 is 0 Å². The standard InChI is InChI=1S/C14H25N3/c1-5-7-8-17(4)14-10-13(11-15-6-2)9-12(3)16-14/h9-10,15H,5-8,11H2,1-4H3. The molecule has 0 saturated heterocycles. The lowest BCUT2D eigenvalue weighted by molar-refractivity contribution is 0.721. The van der Waals surface area contributed by atoms with Crippen LogP contribution in [-0.2, 0) is 6.54 Å². The largest absolute Gasteiger partial charge is 0.360 e. The Morgan fingerprint density at radius 1 is 1.29 bits per heavy atom. The molecule has 0 aliphatic rings. The highest BCUT2D eigenvalue weighted by Crippen LogP contribution is 2.14. The molecular formula is C14H25N3. The Morgan fingerprint density at radius 2 is 2.06 bits per heavy atom. The molecule has 0 aliphatic carbocycles. The van der Waals surface area contributed by atoms with Crippen molar-refractivity contribution in [1.82, 2.24) is 10.3 Å². The fourth-order valence-electron chi connectivity index (χ4n) is 1.80. The number of hydrogen-bond acceptors (Lipinski definition) is 3. The first kappa shape index (κ1) is 14.0. The molecule has 1 rings (SSSR count). The third-order valence-electron chi connectivity index (χ3n) is 2.82. The van der Waals surface area contributed by atoms with E-state index in [9.17, 15) is 0 Å². The minimum atomic E-state index is 0.925. The van der Waals surface area contributed by atoms with E-state index in [1.54, 1.807) is 0 Å². The Morgan fingerprint density at radius 3 is 2.71 bits per heavy atom. The summed E-state index contributed by atoms with van der Waals surface area (Å²) in [6.07, 6.45) is 2.44. The Labute approximate surface area is 105 Å². The lowest BCUT2D eigenvalue weighted by Crippen LogP contribution is -2.20. The van der Waals surface area contributed by atoms with Crippen LogP contribution in [0.4, 0.5) is 5.82 Å². The van der Waals surface area contributed by atoms with Crippen molar-refractivity contribution < 1.29 is 0 Å². The van der Waals surface area contributed by atoms with E-state index in [1.807, 2.05) is 0 Å². The molecule has 3 nitrogen and oxygen atoms in total. The third kappa shape index (κ3) is 4.73. The Balaban J connectivity index is 2.73. The van der Waals surface area contributed by atoms with Crippen molar-refractivity contribution in [3.8, 4) is 0 Å². The van der Waals surface area contributed by atoms with Crippen molar-refractivity contribution in [3.63, 3.8) is 0 Å². The summed E-state index contributed by atoms with van der Waals surface area (Å²) >= 11 is 0. The molecule has 0 atom stereocenters. The molecule has 1 N–H and O–H groups in total. The molecule has 0 spiro atoms. The van der Waals surface area contributed by atoms with E-state index in [-0.39, 0.29) is 0 Å². The predicted molar refractivity (Wildman–Crippen MR) is 74.5 cm³/mol. The van der Waals surface area contributed by atoms with Gasteiger partial charge in [0.15, 0.2) is 0 Å². The van der Waals surface area contributed by atoms with Gasteiger partial charge in [0.1, 0.15) is 5.82 Å². The summed E-state index contributed by atoms with van der Waals surface area (Å²) < 4.78 is 0. The highest BCUT2D eigenvalue weighted by molar-refractivity contribution is 5.41. The molecule has 0 aromatic carbocycles. The molecule has 0 aliphatic heterocycles. The second kappa shape index (κ2) is 7.28. The average Bonchev–Trinajstić information content (AvgIpc) is 2.32. The van der Waals surface area contributed by atoms with E-state index in [0.29, 0.717) is 0 Å². The van der Waals surface area contributed by atoms with Crippen LogP contribution in [-0.4, -0.2) is 25.1 Å². The van der Waals surface area contributed by atoms with Crippen LogP contribution in [0.2, 0.25) is 0 Å². The topological polar surface area (TPSA) is 28.2 Å². The molecule has 1 aromatic heterocycles. The smallest absolute Gasteiger partial charge is 0.128 e. The summed E-state index contributed by atoms with van der Waals surface area (Å²) in [7, 11) is 2.12. The van der Waals surface area contributed by atoms with Gasteiger partial charge in [0.25, 0.3) is 0 Å². The monoisotopic (exact) mass is 235 g/mol. The first-order valence-corrected chi connectivity index (χ1v) is 6.56. The van der Waals surface area contributed by atoms with E-state index in [1.165, 1.54) is 18.4 Å². The van der Waals surface area contributed by atoms with Crippen LogP contribution < -0.4 is 10.2 Å². The number of anilines is 1. The second-order valence-corrected chi connectivity index (χ2v) is 4.53. The number of aryl methyl sites for hydroxylation is 1. The van der Waals surface area contributed by atoms with Crippen molar-refractivity contribution in [2.75, 3.05) is 25.0 Å². The number of nitrogens with zero attached hydrogens (tertiary/aromatic N) is 2. The summed E-state index contributed by atoms with van der Waals surface area (Å²) in [5, 5.41) is 3.35. The molecular weight excluding hydrogens is 210 g/mol. The molecule has 3 heteroatoms. The summed E-state index contributed by atoms with van der Waals surface area (Å²) in [6, 6.07) is 4.34. The van der Waals surface area contributed by atoms with Crippen LogP contribution in [0.1, 0.15) is 37.9 Å². The molecule has 0 saturated carbocycles. The molecule has 1 aromatic rings. The SMILES string of the molecule is CCCCN(C)c1cc(CNCC)cc(C)n1. The van der Waals surface area contributed by atoms with Crippen molar-refractivity contribution in [1.29, 1.82) is 0 Å². The Bertz CT molecular complexity index is 336. The number of unbranched alkanes of at least 4 members (excludes halogenated alkanes) is 1. The van der Waals surface area contributed by atoms with Crippen molar-refractivity contribution in [3.05, 3.63) is 23.4 Å². The molecule has 17 heavy (non-hydrogen) atoms. The number of aromatic nitrogens is 1. The van der Waals surface area contributed by atoms with Crippen LogP contribution in [0.25, 0.3) is 0 Å². The van der Waals surface area contributed by atoms with Gasteiger partial charge in [-0.25, -0.2) is 4.98 Å². The van der Waals surface area contributed by atoms with Gasteiger partial charge in [-0.2, -0.15) is 0 Å². The quantitative estimate of drug-likeness (QED) is 0.787. The Kier molecular flexibility index (Phi) is 5.98. The van der Waals surface area contributed by atoms with Crippen LogP contribution in [0.3, 0.4) is 0 Å². The van der Waals surface area contributed by atoms with Crippen molar-refractivity contribution in [2.45, 2.75) is 40.2 Å². The number of rotatable bonds is 7. The first-order valence-electron chi connectivity index (χ1n) is 6.56. The number of hydrogen-bond donors (Lipinski definition) is 1. The van der Waals surface area contributed by atoms with E-state index in [0.717, 1.165) is 31.1 Å². The molecule has 0 unspecified atom stereocenters. The van der Waals surface area contributed by atoms with Gasteiger partial charge >= 0.3 is 0 Å². The van der Waals surface area contributed by atoms with E-state index in [2.05, 4.69) is 55.2 Å². The lowest BCUT2D eigenvalue weighted by atomic mass is 10.2. The van der Waals surface area contributed by atoms with Gasteiger partial charge in [0.2, 0.25) is 0 Å². The zero-order valence-electron chi connectivity index (χ0n) is 11.6. The van der Waals surface area contributed by atoms with Crippen molar-refractivity contribution >= 4 is 5.82 Å². The minimum absolute atomic E-state index is 0.925. The minimum Gasteiger partial charge on any atom is -0.360 e. The maximum atomic E-state index is 4.59. The van der Waals surface area contributed by atoms with Crippen LogP contribution in [0.5, 0.6) is 0 Å². The molecule has 0 bridgehead atoms. The van der Waals surface area contributed by atoms with E-state index >= 15 is 0 Å². The van der Waals surface area contributed by atoms with Crippen molar-refractivity contribution in [2.24, 2.45) is 0 Å². The summed E-state index contributed by atoms with van der Waals surface area (Å²) in [5.74, 6) is 1.09. The lowest BCUT2D eigenvalue weighted by Gasteiger charge is -2.19. The summed E-state index contributed by atoms with van der Waals surface area (Å²) in [6.45, 7) is 9.41. The zero-order chi connectivity index (χ0) is 12.7. The molecule has 1 heterocycles. The molecule has 0 radical (unpaired) electrons. The van der Waals surface area contributed by atoms with Crippen LogP contribution in [0.15, 0.2) is 12.1 Å². The number of nitrogens with one attached hydrogen (secondary N) is 1. The van der Waals surface area contributed by atoms with Gasteiger partial charge in [0, 0.05) is 25.8 Å². The molecule has 0 amide bonds. The zero-order valence-corrected chi connectivity index (χ0v) is 11.6. The van der Waals surface area contributed by atoms with Crippen LogP contribution in [0, 0.1) is 6.92 Å². The highest BCUT2D eigenvalue weighted by Gasteiger charge is 2.04. The van der Waals surface area contributed by atoms with Gasteiger partial charge in [-0.3, -0.25) is 0 Å². The maximum Gasteiger partial charge on any atom is 0.128 e. The van der Waals surface area contributed by atoms with Crippen LogP contribution >= 0.6 is 0 Å². The first-order chi connectivity index (χ1) is 8.17. The highest BCUT2D eigenvalue weighted by atomic mass is 15.2. The predicted octanol–water partition coefficient (Wildman–Crippen LogP) is 2.74. The maximum absolute atomic E-state index is 4.59. The average molecular weight is 235 g/mol. The van der Waals surface area contributed by atoms with Gasteiger partial charge in [-0.1, -0.05) is 20.3 Å².